The van der Waals surface area contributed by atoms with Gasteiger partial charge in [-0.2, -0.15) is 0 Å². The summed E-state index contributed by atoms with van der Waals surface area (Å²) < 4.78 is 6.11. The SMILES string of the molecule is CCSc1nnc(NC(=O)COc2ccc([N+](=O)[O-])c(C)c2)s1. The molecule has 0 unspecified atom stereocenters. The van der Waals surface area contributed by atoms with Crippen molar-refractivity contribution < 1.29 is 14.5 Å². The summed E-state index contributed by atoms with van der Waals surface area (Å²) in [6.45, 7) is 3.40. The van der Waals surface area contributed by atoms with Crippen LogP contribution in [0.2, 0.25) is 0 Å². The van der Waals surface area contributed by atoms with E-state index in [0.717, 1.165) is 10.1 Å². The molecule has 0 saturated carbocycles. The number of benzene rings is 1. The van der Waals surface area contributed by atoms with Gasteiger partial charge in [-0.05, 0) is 24.8 Å². The van der Waals surface area contributed by atoms with Crippen molar-refractivity contribution in [3.63, 3.8) is 0 Å². The molecule has 0 spiro atoms. The number of nitro groups is 1. The van der Waals surface area contributed by atoms with Gasteiger partial charge in [-0.3, -0.25) is 20.2 Å². The predicted molar refractivity (Wildman–Crippen MR) is 88.3 cm³/mol. The summed E-state index contributed by atoms with van der Waals surface area (Å²) in [7, 11) is 0. The largest absolute Gasteiger partial charge is 0.484 e. The molecule has 8 nitrogen and oxygen atoms in total. The van der Waals surface area contributed by atoms with E-state index in [0.29, 0.717) is 16.4 Å². The first kappa shape index (κ1) is 17.2. The third-order valence-corrected chi connectivity index (χ3v) is 4.51. The number of nitro benzene ring substituents is 1. The highest BCUT2D eigenvalue weighted by atomic mass is 32.2. The van der Waals surface area contributed by atoms with Crippen LogP contribution in [0.25, 0.3) is 0 Å². The highest BCUT2D eigenvalue weighted by Gasteiger charge is 2.12. The van der Waals surface area contributed by atoms with Gasteiger partial charge in [0.2, 0.25) is 5.13 Å². The number of ether oxygens (including phenoxy) is 1. The van der Waals surface area contributed by atoms with Crippen LogP contribution in [0.3, 0.4) is 0 Å². The van der Waals surface area contributed by atoms with Crippen LogP contribution in [-0.2, 0) is 4.79 Å². The van der Waals surface area contributed by atoms with Crippen molar-refractivity contribution in [3.8, 4) is 5.75 Å². The standard InChI is InChI=1S/C13H14N4O4S2/c1-3-22-13-16-15-12(23-13)14-11(18)7-21-9-4-5-10(17(19)20)8(2)6-9/h4-6H,3,7H2,1-2H3,(H,14,15,18). The van der Waals surface area contributed by atoms with Crippen LogP contribution in [0.5, 0.6) is 5.75 Å². The molecular weight excluding hydrogens is 340 g/mol. The third-order valence-electron chi connectivity index (χ3n) is 2.66. The molecule has 23 heavy (non-hydrogen) atoms. The molecule has 0 saturated heterocycles. The summed E-state index contributed by atoms with van der Waals surface area (Å²) in [4.78, 5) is 22.1. The lowest BCUT2D eigenvalue weighted by molar-refractivity contribution is -0.385. The topological polar surface area (TPSA) is 107 Å². The molecule has 1 amide bonds. The van der Waals surface area contributed by atoms with Crippen molar-refractivity contribution in [1.29, 1.82) is 0 Å². The number of hydrogen-bond acceptors (Lipinski definition) is 8. The van der Waals surface area contributed by atoms with Gasteiger partial charge in [0.05, 0.1) is 4.92 Å². The second kappa shape index (κ2) is 7.88. The monoisotopic (exact) mass is 354 g/mol. The minimum Gasteiger partial charge on any atom is -0.484 e. The van der Waals surface area contributed by atoms with Gasteiger partial charge in [0.1, 0.15) is 5.75 Å². The van der Waals surface area contributed by atoms with Crippen LogP contribution in [0.15, 0.2) is 22.5 Å². The Bertz CT molecular complexity index is 720. The van der Waals surface area contributed by atoms with E-state index in [1.807, 2.05) is 6.92 Å². The van der Waals surface area contributed by atoms with Crippen molar-refractivity contribution in [3.05, 3.63) is 33.9 Å². The number of aryl methyl sites for hydroxylation is 1. The molecular formula is C13H14N4O4S2. The van der Waals surface area contributed by atoms with Crippen LogP contribution in [0.1, 0.15) is 12.5 Å². The quantitative estimate of drug-likeness (QED) is 0.352. The number of thioether (sulfide) groups is 1. The molecule has 2 rings (SSSR count). The highest BCUT2D eigenvalue weighted by molar-refractivity contribution is 8.01. The van der Waals surface area contributed by atoms with Gasteiger partial charge >= 0.3 is 0 Å². The van der Waals surface area contributed by atoms with Crippen LogP contribution < -0.4 is 10.1 Å². The molecule has 0 atom stereocenters. The van der Waals surface area contributed by atoms with Gasteiger partial charge < -0.3 is 4.74 Å². The van der Waals surface area contributed by atoms with E-state index < -0.39 is 4.92 Å². The zero-order valence-corrected chi connectivity index (χ0v) is 14.1. The Labute approximate surface area is 140 Å². The Morgan fingerprint density at radius 2 is 2.26 bits per heavy atom. The van der Waals surface area contributed by atoms with Crippen molar-refractivity contribution in [1.82, 2.24) is 10.2 Å². The zero-order chi connectivity index (χ0) is 16.8. The zero-order valence-electron chi connectivity index (χ0n) is 12.4. The minimum atomic E-state index is -0.465. The Hall–Kier alpha value is -2.20. The second-order valence-corrected chi connectivity index (χ2v) is 6.84. The predicted octanol–water partition coefficient (Wildman–Crippen LogP) is 2.88. The van der Waals surface area contributed by atoms with E-state index >= 15 is 0 Å². The Morgan fingerprint density at radius 1 is 1.48 bits per heavy atom. The van der Waals surface area contributed by atoms with Crippen LogP contribution in [0.4, 0.5) is 10.8 Å². The molecule has 0 fully saturated rings. The number of hydrogen-bond donors (Lipinski definition) is 1. The summed E-state index contributed by atoms with van der Waals surface area (Å²) in [6, 6.07) is 4.33. The fourth-order valence-corrected chi connectivity index (χ4v) is 3.33. The number of carbonyl (C=O) groups is 1. The summed E-state index contributed by atoms with van der Waals surface area (Å²) in [5.74, 6) is 0.901. The molecule has 1 N–H and O–H groups in total. The van der Waals surface area contributed by atoms with Crippen molar-refractivity contribution in [2.75, 3.05) is 17.7 Å². The second-order valence-electron chi connectivity index (χ2n) is 4.35. The Balaban J connectivity index is 1.88. The first-order valence-corrected chi connectivity index (χ1v) is 8.43. The molecule has 122 valence electrons. The molecule has 1 aromatic carbocycles. The average molecular weight is 354 g/mol. The number of anilines is 1. The Morgan fingerprint density at radius 3 is 2.91 bits per heavy atom. The summed E-state index contributed by atoms with van der Waals surface area (Å²) in [6.07, 6.45) is 0. The molecule has 0 bridgehead atoms. The lowest BCUT2D eigenvalue weighted by Gasteiger charge is -2.06. The van der Waals surface area contributed by atoms with E-state index in [1.54, 1.807) is 18.7 Å². The summed E-state index contributed by atoms with van der Waals surface area (Å²) in [5, 5.41) is 21.5. The maximum absolute atomic E-state index is 11.8. The maximum atomic E-state index is 11.8. The normalized spacial score (nSPS) is 10.3. The van der Waals surface area contributed by atoms with Gasteiger partial charge in [-0.25, -0.2) is 0 Å². The van der Waals surface area contributed by atoms with Crippen molar-refractivity contribution in [2.45, 2.75) is 18.2 Å². The number of amides is 1. The van der Waals surface area contributed by atoms with E-state index in [-0.39, 0.29) is 18.2 Å². The lowest BCUT2D eigenvalue weighted by atomic mass is 10.2. The first-order valence-electron chi connectivity index (χ1n) is 6.63. The van der Waals surface area contributed by atoms with Crippen LogP contribution >= 0.6 is 23.1 Å². The number of carbonyl (C=O) groups excluding carboxylic acids is 1. The van der Waals surface area contributed by atoms with Crippen molar-refractivity contribution >= 4 is 39.8 Å². The molecule has 0 aliphatic heterocycles. The molecule has 0 aliphatic rings. The molecule has 10 heteroatoms. The van der Waals surface area contributed by atoms with Crippen molar-refractivity contribution in [2.24, 2.45) is 0 Å². The smallest absolute Gasteiger partial charge is 0.272 e. The molecule has 1 heterocycles. The number of aromatic nitrogens is 2. The van der Waals surface area contributed by atoms with Gasteiger partial charge in [0, 0.05) is 11.6 Å². The molecule has 0 aliphatic carbocycles. The number of nitrogens with zero attached hydrogens (tertiary/aromatic N) is 3. The summed E-state index contributed by atoms with van der Waals surface area (Å²) in [5.41, 5.74) is 0.481. The number of rotatable bonds is 7. The van der Waals surface area contributed by atoms with Gasteiger partial charge in [0.15, 0.2) is 10.9 Å². The highest BCUT2D eigenvalue weighted by Crippen LogP contribution is 2.25. The minimum absolute atomic E-state index is 0.0108. The van der Waals surface area contributed by atoms with Gasteiger partial charge in [-0.1, -0.05) is 30.0 Å². The van der Waals surface area contributed by atoms with Gasteiger partial charge in [0.25, 0.3) is 11.6 Å². The summed E-state index contributed by atoms with van der Waals surface area (Å²) >= 11 is 2.84. The number of nitrogens with one attached hydrogen (secondary N) is 1. The van der Waals surface area contributed by atoms with Gasteiger partial charge in [-0.15, -0.1) is 10.2 Å². The van der Waals surface area contributed by atoms with E-state index in [1.165, 1.54) is 29.5 Å². The first-order chi connectivity index (χ1) is 11.0. The van der Waals surface area contributed by atoms with Crippen LogP contribution in [0, 0.1) is 17.0 Å². The Kier molecular flexibility index (Phi) is 5.88. The fourth-order valence-electron chi connectivity index (χ4n) is 1.67. The third kappa shape index (κ3) is 4.89. The maximum Gasteiger partial charge on any atom is 0.272 e. The van der Waals surface area contributed by atoms with Crippen LogP contribution in [-0.4, -0.2) is 33.4 Å². The molecule has 0 radical (unpaired) electrons. The van der Waals surface area contributed by atoms with E-state index in [2.05, 4.69) is 15.5 Å². The fraction of sp³-hybridized carbons (Fsp3) is 0.308. The lowest BCUT2D eigenvalue weighted by Crippen LogP contribution is -2.20. The molecule has 2 aromatic rings. The average Bonchev–Trinajstić information content (AvgIpc) is 2.92. The molecule has 1 aromatic heterocycles. The van der Waals surface area contributed by atoms with E-state index in [4.69, 9.17) is 4.74 Å². The van der Waals surface area contributed by atoms with E-state index in [9.17, 15) is 14.9 Å².